The molecule has 1 rings (SSSR count). The summed E-state index contributed by atoms with van der Waals surface area (Å²) < 4.78 is 5.10. The van der Waals surface area contributed by atoms with E-state index in [9.17, 15) is 19.8 Å². The molecule has 6 N–H and O–H groups in total. The molecule has 22 heavy (non-hydrogen) atoms. The van der Waals surface area contributed by atoms with E-state index in [0.29, 0.717) is 0 Å². The van der Waals surface area contributed by atoms with E-state index in [-0.39, 0.29) is 0 Å². The van der Waals surface area contributed by atoms with Gasteiger partial charge in [0.15, 0.2) is 6.19 Å². The largest absolute Gasteiger partial charge is 0.478 e. The molecule has 122 valence electrons. The summed E-state index contributed by atoms with van der Waals surface area (Å²) in [6.07, 6.45) is -2.00. The normalized spacial score (nSPS) is 26.7. The molecule has 10 heteroatoms. The third-order valence-corrected chi connectivity index (χ3v) is 3.06. The van der Waals surface area contributed by atoms with E-state index in [4.69, 9.17) is 20.2 Å². The van der Waals surface area contributed by atoms with Gasteiger partial charge < -0.3 is 35.8 Å². The van der Waals surface area contributed by atoms with Gasteiger partial charge in [0.25, 0.3) is 0 Å². The van der Waals surface area contributed by atoms with Gasteiger partial charge in [-0.3, -0.25) is 4.79 Å². The Morgan fingerprint density at radius 1 is 1.50 bits per heavy atom. The number of ether oxygens (including phenoxy) is 1. The van der Waals surface area contributed by atoms with Crippen LogP contribution in [0.2, 0.25) is 0 Å². The molecule has 0 aromatic carbocycles. The summed E-state index contributed by atoms with van der Waals surface area (Å²) in [5.74, 6) is -2.51. The lowest BCUT2D eigenvalue weighted by molar-refractivity contribution is -0.146. The molecule has 0 fully saturated rings. The van der Waals surface area contributed by atoms with Crippen LogP contribution in [0.15, 0.2) is 11.8 Å². The van der Waals surface area contributed by atoms with Crippen molar-refractivity contribution in [2.24, 2.45) is 0 Å². The lowest BCUT2D eigenvalue weighted by atomic mass is 9.92. The average Bonchev–Trinajstić information content (AvgIpc) is 2.46. The number of nitriles is 1. The SMILES string of the molecule is CC(=O)NC1C(NC#N)C=C(C(=O)O)OC1C(O)C(O)CO. The van der Waals surface area contributed by atoms with E-state index in [0.717, 1.165) is 6.08 Å². The van der Waals surface area contributed by atoms with Crippen LogP contribution >= 0.6 is 0 Å². The molecule has 0 bridgehead atoms. The maximum atomic E-state index is 11.3. The van der Waals surface area contributed by atoms with E-state index in [1.165, 1.54) is 6.92 Å². The fourth-order valence-corrected chi connectivity index (χ4v) is 2.07. The molecule has 0 saturated carbocycles. The molecular formula is C12H17N3O7. The number of hydrogen-bond donors (Lipinski definition) is 6. The number of carbonyl (C=O) groups excluding carboxylic acids is 1. The summed E-state index contributed by atoms with van der Waals surface area (Å²) in [5.41, 5.74) is 0. The van der Waals surface area contributed by atoms with Crippen molar-refractivity contribution in [2.45, 2.75) is 37.3 Å². The van der Waals surface area contributed by atoms with Crippen molar-refractivity contribution in [1.82, 2.24) is 10.6 Å². The van der Waals surface area contributed by atoms with Crippen molar-refractivity contribution in [3.05, 3.63) is 11.8 Å². The number of hydrogen-bond acceptors (Lipinski definition) is 8. The second kappa shape index (κ2) is 7.60. The lowest BCUT2D eigenvalue weighted by Crippen LogP contribution is -2.62. The van der Waals surface area contributed by atoms with Crippen molar-refractivity contribution >= 4 is 11.9 Å². The van der Waals surface area contributed by atoms with Gasteiger partial charge in [0.1, 0.15) is 18.3 Å². The van der Waals surface area contributed by atoms with Crippen LogP contribution < -0.4 is 10.6 Å². The Morgan fingerprint density at radius 2 is 2.14 bits per heavy atom. The van der Waals surface area contributed by atoms with Crippen LogP contribution in [0.5, 0.6) is 0 Å². The Morgan fingerprint density at radius 3 is 2.59 bits per heavy atom. The van der Waals surface area contributed by atoms with Crippen LogP contribution in [-0.2, 0) is 14.3 Å². The number of aliphatic hydroxyl groups excluding tert-OH is 3. The number of aliphatic hydroxyl groups is 3. The molecule has 1 aliphatic heterocycles. The quantitative estimate of drug-likeness (QED) is 0.221. The first-order chi connectivity index (χ1) is 10.3. The first kappa shape index (κ1) is 17.7. The number of rotatable bonds is 6. The van der Waals surface area contributed by atoms with Crippen LogP contribution in [0, 0.1) is 11.5 Å². The third kappa shape index (κ3) is 4.08. The smallest absolute Gasteiger partial charge is 0.370 e. The van der Waals surface area contributed by atoms with Gasteiger partial charge in [0.05, 0.1) is 18.7 Å². The van der Waals surface area contributed by atoms with Crippen molar-refractivity contribution in [3.63, 3.8) is 0 Å². The van der Waals surface area contributed by atoms with Gasteiger partial charge in [0, 0.05) is 6.92 Å². The monoisotopic (exact) mass is 315 g/mol. The summed E-state index contributed by atoms with van der Waals surface area (Å²) in [4.78, 5) is 22.3. The second-order valence-corrected chi connectivity index (χ2v) is 4.67. The highest BCUT2D eigenvalue weighted by Gasteiger charge is 2.43. The van der Waals surface area contributed by atoms with E-state index >= 15 is 0 Å². The Hall–Kier alpha value is -2.35. The second-order valence-electron chi connectivity index (χ2n) is 4.67. The molecule has 0 aromatic heterocycles. The van der Waals surface area contributed by atoms with Gasteiger partial charge in [-0.05, 0) is 6.08 Å². The van der Waals surface area contributed by atoms with Crippen LogP contribution in [0.3, 0.4) is 0 Å². The molecule has 1 aliphatic rings. The third-order valence-electron chi connectivity index (χ3n) is 3.06. The molecule has 5 unspecified atom stereocenters. The van der Waals surface area contributed by atoms with Crippen LogP contribution in [-0.4, -0.2) is 69.3 Å². The molecule has 0 saturated heterocycles. The van der Waals surface area contributed by atoms with Crippen LogP contribution in [0.25, 0.3) is 0 Å². The molecule has 0 radical (unpaired) electrons. The molecular weight excluding hydrogens is 298 g/mol. The van der Waals surface area contributed by atoms with E-state index in [2.05, 4.69) is 10.6 Å². The highest BCUT2D eigenvalue weighted by Crippen LogP contribution is 2.23. The molecule has 10 nitrogen and oxygen atoms in total. The maximum Gasteiger partial charge on any atom is 0.370 e. The number of nitrogens with zero attached hydrogens (tertiary/aromatic N) is 1. The van der Waals surface area contributed by atoms with Gasteiger partial charge in [-0.2, -0.15) is 5.26 Å². The number of amides is 1. The molecule has 1 heterocycles. The zero-order valence-corrected chi connectivity index (χ0v) is 11.6. The minimum atomic E-state index is -1.69. The summed E-state index contributed by atoms with van der Waals surface area (Å²) in [6.45, 7) is 0.391. The van der Waals surface area contributed by atoms with E-state index < -0.39 is 54.6 Å². The predicted molar refractivity (Wildman–Crippen MR) is 69.8 cm³/mol. The van der Waals surface area contributed by atoms with Crippen molar-refractivity contribution < 1.29 is 34.8 Å². The lowest BCUT2D eigenvalue weighted by Gasteiger charge is -2.39. The Labute approximate surface area is 125 Å². The van der Waals surface area contributed by atoms with Gasteiger partial charge in [-0.1, -0.05) is 0 Å². The van der Waals surface area contributed by atoms with Crippen molar-refractivity contribution in [1.29, 1.82) is 5.26 Å². The van der Waals surface area contributed by atoms with Gasteiger partial charge in [0.2, 0.25) is 11.7 Å². The number of carbonyl (C=O) groups is 2. The topological polar surface area (TPSA) is 172 Å². The Balaban J connectivity index is 3.18. The van der Waals surface area contributed by atoms with Crippen LogP contribution in [0.4, 0.5) is 0 Å². The minimum Gasteiger partial charge on any atom is -0.478 e. The van der Waals surface area contributed by atoms with Gasteiger partial charge >= 0.3 is 5.97 Å². The molecule has 1 amide bonds. The fourth-order valence-electron chi connectivity index (χ4n) is 2.07. The molecule has 5 atom stereocenters. The number of carboxylic acid groups (broad SMARTS) is 1. The van der Waals surface area contributed by atoms with Crippen molar-refractivity contribution in [3.8, 4) is 6.19 Å². The summed E-state index contributed by atoms with van der Waals surface area (Å²) >= 11 is 0. The van der Waals surface area contributed by atoms with E-state index in [1.807, 2.05) is 0 Å². The first-order valence-electron chi connectivity index (χ1n) is 6.32. The standard InChI is InChI=1S/C12H17N3O7/c1-5(17)15-9-6(14-4-13)2-8(12(20)21)22-11(9)10(19)7(18)3-16/h2,6-7,9-11,14,16,18-19H,3H2,1H3,(H,15,17)(H,20,21). The fraction of sp³-hybridized carbons (Fsp3) is 0.583. The van der Waals surface area contributed by atoms with Crippen molar-refractivity contribution in [2.75, 3.05) is 6.61 Å². The highest BCUT2D eigenvalue weighted by atomic mass is 16.5. The predicted octanol–water partition coefficient (Wildman–Crippen LogP) is -2.99. The number of carboxylic acids is 1. The van der Waals surface area contributed by atoms with E-state index in [1.54, 1.807) is 6.19 Å². The zero-order valence-electron chi connectivity index (χ0n) is 11.6. The number of nitrogens with one attached hydrogen (secondary N) is 2. The average molecular weight is 315 g/mol. The Kier molecular flexibility index (Phi) is 6.11. The van der Waals surface area contributed by atoms with Gasteiger partial charge in [-0.15, -0.1) is 0 Å². The zero-order chi connectivity index (χ0) is 16.9. The molecule has 0 spiro atoms. The summed E-state index contributed by atoms with van der Waals surface area (Å²) in [6, 6.07) is -2.00. The maximum absolute atomic E-state index is 11.3. The summed E-state index contributed by atoms with van der Waals surface area (Å²) in [5, 5.41) is 50.9. The summed E-state index contributed by atoms with van der Waals surface area (Å²) in [7, 11) is 0. The molecule has 0 aromatic rings. The minimum absolute atomic E-state index is 0.513. The Bertz CT molecular complexity index is 501. The van der Waals surface area contributed by atoms with Gasteiger partial charge in [-0.25, -0.2) is 4.79 Å². The first-order valence-corrected chi connectivity index (χ1v) is 6.32. The number of aliphatic carboxylic acids is 1. The van der Waals surface area contributed by atoms with Crippen LogP contribution in [0.1, 0.15) is 6.92 Å². The molecule has 0 aliphatic carbocycles. The highest BCUT2D eigenvalue weighted by molar-refractivity contribution is 5.84.